The second-order valence-corrected chi connectivity index (χ2v) is 7.06. The van der Waals surface area contributed by atoms with E-state index in [4.69, 9.17) is 20.5 Å². The summed E-state index contributed by atoms with van der Waals surface area (Å²) in [6.45, 7) is 5.03. The topological polar surface area (TPSA) is 67.8 Å². The van der Waals surface area contributed by atoms with Crippen molar-refractivity contribution in [2.24, 2.45) is 0 Å². The van der Waals surface area contributed by atoms with Crippen LogP contribution in [0, 0.1) is 0 Å². The van der Waals surface area contributed by atoms with Gasteiger partial charge in [-0.3, -0.25) is 9.32 Å². The lowest BCUT2D eigenvalue weighted by molar-refractivity contribution is -0.149. The van der Waals surface area contributed by atoms with Crippen LogP contribution in [-0.4, -0.2) is 23.0 Å². The van der Waals surface area contributed by atoms with Gasteiger partial charge >= 0.3 is 13.2 Å². The maximum atomic E-state index is 11.6. The molecule has 19 heavy (non-hydrogen) atoms. The number of benzene rings is 1. The van der Waals surface area contributed by atoms with Crippen LogP contribution in [0.4, 0.5) is 0 Å². The average molecular weight is 307 g/mol. The molecule has 0 aliphatic rings. The minimum atomic E-state index is -3.40. The highest BCUT2D eigenvalue weighted by molar-refractivity contribution is 7.89. The number of rotatable bonds is 6. The molecule has 0 fully saturated rings. The first-order valence-electron chi connectivity index (χ1n) is 5.84. The molecule has 0 aromatic heterocycles. The lowest BCUT2D eigenvalue weighted by atomic mass is 10.3. The Bertz CT molecular complexity index is 413. The lowest BCUT2D eigenvalue weighted by Gasteiger charge is -2.17. The van der Waals surface area contributed by atoms with E-state index in [1.165, 1.54) is 0 Å². The van der Waals surface area contributed by atoms with Crippen LogP contribution < -0.4 is 9.61 Å². The van der Waals surface area contributed by atoms with Gasteiger partial charge in [0.15, 0.2) is 17.0 Å². The van der Waals surface area contributed by atoms with Gasteiger partial charge in [-0.05, 0) is 32.9 Å². The number of para-hydroxylation sites is 1. The van der Waals surface area contributed by atoms with Gasteiger partial charge < -0.3 is 4.74 Å². The van der Waals surface area contributed by atoms with Crippen molar-refractivity contribution in [2.75, 3.05) is 0 Å². The third kappa shape index (κ3) is 6.21. The Morgan fingerprint density at radius 2 is 1.89 bits per heavy atom. The van der Waals surface area contributed by atoms with E-state index < -0.39 is 19.2 Å². The molecule has 0 amide bonds. The number of hydrogen-bond acceptors (Lipinski definition) is 5. The van der Waals surface area contributed by atoms with Crippen LogP contribution in [0.5, 0.6) is 5.75 Å². The van der Waals surface area contributed by atoms with E-state index in [1.54, 1.807) is 45.0 Å². The third-order valence-electron chi connectivity index (χ3n) is 2.03. The predicted molar refractivity (Wildman–Crippen MR) is 75.9 cm³/mol. The van der Waals surface area contributed by atoms with Crippen LogP contribution >= 0.6 is 18.5 Å². The summed E-state index contributed by atoms with van der Waals surface area (Å²) >= 11 is 5.87. The first kappa shape index (κ1) is 16.2. The van der Waals surface area contributed by atoms with Gasteiger partial charge in [-0.15, -0.1) is 5.09 Å². The smallest absolute Gasteiger partial charge is 0.462 e. The molecule has 2 N–H and O–H groups in total. The SMILES string of the molecule is CC(C)OC(=O)C(C)N[P+](O)(Cl)Oc1ccccc1. The van der Waals surface area contributed by atoms with Crippen LogP contribution in [0.25, 0.3) is 0 Å². The standard InChI is InChI=1S/C12H18ClNO4P/c1-9(2)17-12(15)10(3)14-19(13,16)18-11-7-5-4-6-8-11/h4-10,14,16H,1-3H3/q+1. The fourth-order valence-corrected chi connectivity index (χ4v) is 2.99. The Hall–Kier alpha value is -0.870. The molecule has 0 heterocycles. The Balaban J connectivity index is 2.56. The fourth-order valence-electron chi connectivity index (χ4n) is 1.27. The van der Waals surface area contributed by atoms with Gasteiger partial charge in [-0.1, -0.05) is 18.2 Å². The first-order chi connectivity index (χ1) is 8.80. The molecular weight excluding hydrogens is 289 g/mol. The molecule has 1 rings (SSSR count). The number of carbonyl (C=O) groups is 1. The highest BCUT2D eigenvalue weighted by atomic mass is 35.7. The molecule has 0 aliphatic carbocycles. The van der Waals surface area contributed by atoms with E-state index in [1.807, 2.05) is 6.07 Å². The zero-order valence-electron chi connectivity index (χ0n) is 11.0. The molecule has 1 aromatic carbocycles. The molecule has 0 spiro atoms. The van der Waals surface area contributed by atoms with Crippen LogP contribution in [0.3, 0.4) is 0 Å². The van der Waals surface area contributed by atoms with Crippen LogP contribution in [0.1, 0.15) is 20.8 Å². The van der Waals surface area contributed by atoms with Crippen molar-refractivity contribution >= 4 is 24.4 Å². The molecular formula is C12H18ClNO4P+. The van der Waals surface area contributed by atoms with Crippen LogP contribution in [-0.2, 0) is 9.53 Å². The number of hydrogen-bond donors (Lipinski definition) is 2. The second-order valence-electron chi connectivity index (χ2n) is 4.24. The molecule has 106 valence electrons. The summed E-state index contributed by atoms with van der Waals surface area (Å²) in [5.41, 5.74) is 0. The second kappa shape index (κ2) is 7.06. The van der Waals surface area contributed by atoms with Gasteiger partial charge in [0, 0.05) is 0 Å². The van der Waals surface area contributed by atoms with Crippen LogP contribution in [0.2, 0.25) is 0 Å². The molecule has 1 aromatic rings. The predicted octanol–water partition coefficient (Wildman–Crippen LogP) is 2.90. The Morgan fingerprint density at radius 1 is 1.32 bits per heavy atom. The molecule has 0 saturated carbocycles. The van der Waals surface area contributed by atoms with Gasteiger partial charge in [0.1, 0.15) is 6.04 Å². The van der Waals surface area contributed by atoms with E-state index in [9.17, 15) is 9.69 Å². The van der Waals surface area contributed by atoms with Crippen molar-refractivity contribution < 1.29 is 18.9 Å². The van der Waals surface area contributed by atoms with Gasteiger partial charge in [0.25, 0.3) is 0 Å². The average Bonchev–Trinajstić information content (AvgIpc) is 2.27. The summed E-state index contributed by atoms with van der Waals surface area (Å²) in [4.78, 5) is 21.5. The first-order valence-corrected chi connectivity index (χ1v) is 8.41. The number of ether oxygens (including phenoxy) is 1. The minimum Gasteiger partial charge on any atom is -0.462 e. The largest absolute Gasteiger partial charge is 0.496 e. The van der Waals surface area contributed by atoms with Gasteiger partial charge in [-0.25, -0.2) is 0 Å². The van der Waals surface area contributed by atoms with Crippen LogP contribution in [0.15, 0.2) is 30.3 Å². The van der Waals surface area contributed by atoms with Crippen molar-refractivity contribution in [3.05, 3.63) is 30.3 Å². The van der Waals surface area contributed by atoms with Crippen molar-refractivity contribution in [1.82, 2.24) is 5.09 Å². The molecule has 7 heteroatoms. The number of nitrogens with one attached hydrogen (secondary N) is 1. The summed E-state index contributed by atoms with van der Waals surface area (Å²) in [6, 6.07) is 7.88. The molecule has 0 aliphatic heterocycles. The zero-order chi connectivity index (χ0) is 14.5. The van der Waals surface area contributed by atoms with E-state index in [0.29, 0.717) is 5.75 Å². The Kier molecular flexibility index (Phi) is 6.01. The van der Waals surface area contributed by atoms with E-state index in [-0.39, 0.29) is 6.10 Å². The lowest BCUT2D eigenvalue weighted by Crippen LogP contribution is -2.36. The summed E-state index contributed by atoms with van der Waals surface area (Å²) in [5.74, 6) is -0.0732. The van der Waals surface area contributed by atoms with Crippen molar-refractivity contribution in [2.45, 2.75) is 32.9 Å². The molecule has 2 atom stereocenters. The molecule has 5 nitrogen and oxygen atoms in total. The summed E-state index contributed by atoms with van der Waals surface area (Å²) in [7, 11) is -3.40. The highest BCUT2D eigenvalue weighted by Crippen LogP contribution is 2.56. The molecule has 0 bridgehead atoms. The summed E-state index contributed by atoms with van der Waals surface area (Å²) in [5, 5.41) is 2.55. The Morgan fingerprint density at radius 3 is 2.42 bits per heavy atom. The molecule has 0 saturated heterocycles. The van der Waals surface area contributed by atoms with E-state index in [0.717, 1.165) is 0 Å². The maximum Gasteiger partial charge on any atom is 0.496 e. The monoisotopic (exact) mass is 306 g/mol. The molecule has 2 unspecified atom stereocenters. The van der Waals surface area contributed by atoms with Gasteiger partial charge in [-0.2, -0.15) is 4.89 Å². The number of esters is 1. The normalized spacial score (nSPS) is 15.7. The maximum absolute atomic E-state index is 11.6. The zero-order valence-corrected chi connectivity index (χ0v) is 12.7. The quantitative estimate of drug-likeness (QED) is 0.625. The summed E-state index contributed by atoms with van der Waals surface area (Å²) < 4.78 is 10.2. The summed E-state index contributed by atoms with van der Waals surface area (Å²) in [6.07, 6.45) is -0.228. The van der Waals surface area contributed by atoms with Crippen molar-refractivity contribution in [3.63, 3.8) is 0 Å². The number of carbonyl (C=O) groups excluding carboxylic acids is 1. The van der Waals surface area contributed by atoms with E-state index in [2.05, 4.69) is 5.09 Å². The van der Waals surface area contributed by atoms with Crippen molar-refractivity contribution in [3.8, 4) is 5.75 Å². The van der Waals surface area contributed by atoms with Gasteiger partial charge in [0.2, 0.25) is 0 Å². The van der Waals surface area contributed by atoms with Crippen molar-refractivity contribution in [1.29, 1.82) is 0 Å². The van der Waals surface area contributed by atoms with E-state index >= 15 is 0 Å². The van der Waals surface area contributed by atoms with Gasteiger partial charge in [0.05, 0.1) is 6.10 Å². The highest BCUT2D eigenvalue weighted by Gasteiger charge is 2.42. The Labute approximate surface area is 118 Å². The number of halogens is 1. The minimum absolute atomic E-state index is 0.228. The molecule has 0 radical (unpaired) electrons. The third-order valence-corrected chi connectivity index (χ3v) is 3.69. The fraction of sp³-hybridized carbons (Fsp3) is 0.417.